The Balaban J connectivity index is 1.68. The lowest BCUT2D eigenvalue weighted by Crippen LogP contribution is -2.48. The maximum Gasteiger partial charge on any atom is 0.410 e. The third-order valence-corrected chi connectivity index (χ3v) is 4.42. The molecule has 0 atom stereocenters. The maximum absolute atomic E-state index is 12.2. The molecule has 27 heavy (non-hydrogen) atoms. The molecule has 1 aliphatic heterocycles. The summed E-state index contributed by atoms with van der Waals surface area (Å²) in [6, 6.07) is 9.51. The van der Waals surface area contributed by atoms with Crippen LogP contribution >= 0.6 is 0 Å². The van der Waals surface area contributed by atoms with Gasteiger partial charge in [0.05, 0.1) is 5.60 Å². The van der Waals surface area contributed by atoms with Crippen LogP contribution in [0.15, 0.2) is 30.3 Å². The lowest BCUT2D eigenvalue weighted by molar-refractivity contribution is -0.0268. The van der Waals surface area contributed by atoms with Crippen LogP contribution < -0.4 is 5.32 Å². The second-order valence-corrected chi connectivity index (χ2v) is 7.93. The zero-order valence-corrected chi connectivity index (χ0v) is 16.4. The molecule has 2 N–H and O–H groups in total. The molecule has 1 fully saturated rings. The van der Waals surface area contributed by atoms with E-state index < -0.39 is 17.3 Å². The van der Waals surface area contributed by atoms with Gasteiger partial charge in [0, 0.05) is 19.6 Å². The van der Waals surface area contributed by atoms with Crippen molar-refractivity contribution in [2.45, 2.75) is 57.8 Å². The average molecular weight is 378 g/mol. The Morgan fingerprint density at radius 1 is 1.19 bits per heavy atom. The molecular formula is C20H30N2O5. The number of piperidine rings is 1. The Kier molecular flexibility index (Phi) is 7.07. The number of hydrogen-bond acceptors (Lipinski definition) is 5. The van der Waals surface area contributed by atoms with E-state index in [0.29, 0.717) is 38.9 Å². The molecule has 2 amide bonds. The molecule has 0 aliphatic carbocycles. The van der Waals surface area contributed by atoms with E-state index in [1.54, 1.807) is 25.7 Å². The molecule has 1 aliphatic rings. The summed E-state index contributed by atoms with van der Waals surface area (Å²) < 4.78 is 10.5. The zero-order chi connectivity index (χ0) is 19.9. The molecule has 0 unspecified atom stereocenters. The van der Waals surface area contributed by atoms with Gasteiger partial charge in [-0.3, -0.25) is 0 Å². The van der Waals surface area contributed by atoms with Gasteiger partial charge in [-0.05, 0) is 45.6 Å². The van der Waals surface area contributed by atoms with E-state index >= 15 is 0 Å². The first-order valence-electron chi connectivity index (χ1n) is 9.32. The van der Waals surface area contributed by atoms with Crippen molar-refractivity contribution in [2.24, 2.45) is 0 Å². The van der Waals surface area contributed by atoms with E-state index in [-0.39, 0.29) is 12.7 Å². The average Bonchev–Trinajstić information content (AvgIpc) is 2.59. The third kappa shape index (κ3) is 7.46. The van der Waals surface area contributed by atoms with Gasteiger partial charge in [0.25, 0.3) is 0 Å². The SMILES string of the molecule is CC(C)(C)OC(=O)NCCC1(O)CCN(C(=O)OCc2ccccc2)CC1. The number of nitrogens with one attached hydrogen (secondary N) is 1. The zero-order valence-electron chi connectivity index (χ0n) is 16.4. The third-order valence-electron chi connectivity index (χ3n) is 4.42. The lowest BCUT2D eigenvalue weighted by atomic mass is 9.88. The summed E-state index contributed by atoms with van der Waals surface area (Å²) in [7, 11) is 0. The predicted molar refractivity (Wildman–Crippen MR) is 101 cm³/mol. The Hall–Kier alpha value is -2.28. The molecule has 0 spiro atoms. The highest BCUT2D eigenvalue weighted by molar-refractivity contribution is 5.68. The van der Waals surface area contributed by atoms with Gasteiger partial charge >= 0.3 is 12.2 Å². The molecule has 0 aromatic heterocycles. The molecule has 150 valence electrons. The largest absolute Gasteiger partial charge is 0.445 e. The number of amides is 2. The number of benzene rings is 1. The number of carbonyl (C=O) groups excluding carboxylic acids is 2. The molecule has 7 heteroatoms. The minimum Gasteiger partial charge on any atom is -0.445 e. The number of alkyl carbamates (subject to hydrolysis) is 1. The van der Waals surface area contributed by atoms with Crippen molar-refractivity contribution in [3.8, 4) is 0 Å². The van der Waals surface area contributed by atoms with Crippen LogP contribution in [0.5, 0.6) is 0 Å². The summed E-state index contributed by atoms with van der Waals surface area (Å²) in [5, 5.41) is 13.3. The number of ether oxygens (including phenoxy) is 2. The highest BCUT2D eigenvalue weighted by Crippen LogP contribution is 2.25. The molecule has 7 nitrogen and oxygen atoms in total. The summed E-state index contributed by atoms with van der Waals surface area (Å²) in [5.41, 5.74) is -0.509. The smallest absolute Gasteiger partial charge is 0.410 e. The molecular weight excluding hydrogens is 348 g/mol. The van der Waals surface area contributed by atoms with E-state index in [9.17, 15) is 14.7 Å². The van der Waals surface area contributed by atoms with Crippen molar-refractivity contribution in [1.29, 1.82) is 0 Å². The van der Waals surface area contributed by atoms with Crippen molar-refractivity contribution >= 4 is 12.2 Å². The summed E-state index contributed by atoms with van der Waals surface area (Å²) in [6.45, 7) is 6.81. The summed E-state index contributed by atoms with van der Waals surface area (Å²) in [6.07, 6.45) is 0.451. The number of carbonyl (C=O) groups is 2. The first kappa shape index (κ1) is 21.0. The maximum atomic E-state index is 12.2. The fraction of sp³-hybridized carbons (Fsp3) is 0.600. The van der Waals surface area contributed by atoms with Gasteiger partial charge in [-0.2, -0.15) is 0 Å². The molecule has 2 rings (SSSR count). The number of nitrogens with zero attached hydrogens (tertiary/aromatic N) is 1. The standard InChI is InChI=1S/C20H30N2O5/c1-19(2,3)27-17(23)21-12-9-20(25)10-13-22(14-11-20)18(24)26-15-16-7-5-4-6-8-16/h4-8,25H,9-15H2,1-3H3,(H,21,23). The quantitative estimate of drug-likeness (QED) is 0.822. The molecule has 1 heterocycles. The Labute approximate surface area is 160 Å². The van der Waals surface area contributed by atoms with E-state index in [2.05, 4.69) is 5.32 Å². The summed E-state index contributed by atoms with van der Waals surface area (Å²) in [5.74, 6) is 0. The van der Waals surface area contributed by atoms with E-state index in [1.807, 2.05) is 30.3 Å². The molecule has 1 aromatic rings. The van der Waals surface area contributed by atoms with Crippen LogP contribution in [0.4, 0.5) is 9.59 Å². The normalized spacial score (nSPS) is 16.5. The molecule has 0 radical (unpaired) electrons. The fourth-order valence-corrected chi connectivity index (χ4v) is 2.88. The highest BCUT2D eigenvalue weighted by atomic mass is 16.6. The van der Waals surface area contributed by atoms with Crippen LogP contribution in [0, 0.1) is 0 Å². The van der Waals surface area contributed by atoms with E-state index in [4.69, 9.17) is 9.47 Å². The van der Waals surface area contributed by atoms with Crippen LogP contribution in [0.1, 0.15) is 45.6 Å². The first-order chi connectivity index (χ1) is 12.7. The molecule has 1 saturated heterocycles. The van der Waals surface area contributed by atoms with Crippen LogP contribution in [0.3, 0.4) is 0 Å². The van der Waals surface area contributed by atoms with Gasteiger partial charge in [0.15, 0.2) is 0 Å². The topological polar surface area (TPSA) is 88.1 Å². The minimum atomic E-state index is -0.898. The van der Waals surface area contributed by atoms with Crippen molar-refractivity contribution < 1.29 is 24.2 Å². The van der Waals surface area contributed by atoms with Crippen LogP contribution in [0.25, 0.3) is 0 Å². The van der Waals surface area contributed by atoms with Crippen LogP contribution in [0.2, 0.25) is 0 Å². The Bertz CT molecular complexity index is 619. The summed E-state index contributed by atoms with van der Waals surface area (Å²) >= 11 is 0. The van der Waals surface area contributed by atoms with Gasteiger partial charge in [0.1, 0.15) is 12.2 Å². The second kappa shape index (κ2) is 9.08. The van der Waals surface area contributed by atoms with Crippen molar-refractivity contribution in [3.63, 3.8) is 0 Å². The number of hydrogen-bond donors (Lipinski definition) is 2. The molecule has 0 bridgehead atoms. The number of aliphatic hydroxyl groups is 1. The monoisotopic (exact) mass is 378 g/mol. The van der Waals surface area contributed by atoms with Gasteiger partial charge in [-0.15, -0.1) is 0 Å². The molecule has 0 saturated carbocycles. The van der Waals surface area contributed by atoms with Crippen LogP contribution in [-0.2, 0) is 16.1 Å². The lowest BCUT2D eigenvalue weighted by Gasteiger charge is -2.37. The predicted octanol–water partition coefficient (Wildman–Crippen LogP) is 3.06. The fourth-order valence-electron chi connectivity index (χ4n) is 2.88. The van der Waals surface area contributed by atoms with Gasteiger partial charge in [-0.25, -0.2) is 9.59 Å². The van der Waals surface area contributed by atoms with Crippen molar-refractivity contribution in [2.75, 3.05) is 19.6 Å². The Morgan fingerprint density at radius 2 is 1.81 bits per heavy atom. The molecule has 1 aromatic carbocycles. The van der Waals surface area contributed by atoms with Crippen molar-refractivity contribution in [3.05, 3.63) is 35.9 Å². The number of rotatable bonds is 5. The second-order valence-electron chi connectivity index (χ2n) is 7.93. The van der Waals surface area contributed by atoms with E-state index in [1.165, 1.54) is 0 Å². The van der Waals surface area contributed by atoms with Gasteiger partial charge < -0.3 is 24.8 Å². The van der Waals surface area contributed by atoms with Gasteiger partial charge in [-0.1, -0.05) is 30.3 Å². The highest BCUT2D eigenvalue weighted by Gasteiger charge is 2.34. The number of likely N-dealkylation sites (tertiary alicyclic amines) is 1. The van der Waals surface area contributed by atoms with Gasteiger partial charge in [0.2, 0.25) is 0 Å². The van der Waals surface area contributed by atoms with Crippen LogP contribution in [-0.4, -0.2) is 53.0 Å². The van der Waals surface area contributed by atoms with Crippen molar-refractivity contribution in [1.82, 2.24) is 10.2 Å². The van der Waals surface area contributed by atoms with E-state index in [0.717, 1.165) is 5.56 Å². The minimum absolute atomic E-state index is 0.236. The Morgan fingerprint density at radius 3 is 2.41 bits per heavy atom. The first-order valence-corrected chi connectivity index (χ1v) is 9.32. The summed E-state index contributed by atoms with van der Waals surface area (Å²) in [4.78, 5) is 25.4.